The summed E-state index contributed by atoms with van der Waals surface area (Å²) < 4.78 is 5.36. The average Bonchev–Trinajstić information content (AvgIpc) is 2.81. The van der Waals surface area contributed by atoms with Crippen molar-refractivity contribution in [1.82, 2.24) is 9.97 Å². The highest BCUT2D eigenvalue weighted by atomic mass is 16.5. The molecule has 0 radical (unpaired) electrons. The molecule has 0 saturated carbocycles. The Morgan fingerprint density at radius 2 is 1.85 bits per heavy atom. The van der Waals surface area contributed by atoms with Gasteiger partial charge in [-0.2, -0.15) is 0 Å². The monoisotopic (exact) mass is 460 g/mol. The second-order valence-corrected chi connectivity index (χ2v) is 8.30. The van der Waals surface area contributed by atoms with E-state index < -0.39 is 22.9 Å². The van der Waals surface area contributed by atoms with Crippen LogP contribution in [0.1, 0.15) is 25.1 Å². The zero-order valence-corrected chi connectivity index (χ0v) is 19.0. The predicted molar refractivity (Wildman–Crippen MR) is 130 cm³/mol. The van der Waals surface area contributed by atoms with Gasteiger partial charge >= 0.3 is 5.97 Å². The number of fused-ring (bicyclic) bond motifs is 1. The summed E-state index contributed by atoms with van der Waals surface area (Å²) in [5, 5.41) is 17.5. The molecule has 1 atom stereocenters. The van der Waals surface area contributed by atoms with Crippen LogP contribution in [0.5, 0.6) is 5.75 Å². The minimum absolute atomic E-state index is 0.0876. The molecule has 3 N–H and O–H groups in total. The SMILES string of the molecule is Cc1cc2ccncc2c(Nc2ccc(C[C@H](Nc3c(OC(C)C)c(=O)c3=O)C(=O)O)cc2)n1. The Morgan fingerprint density at radius 1 is 1.12 bits per heavy atom. The fourth-order valence-electron chi connectivity index (χ4n) is 3.64. The molecule has 4 aromatic rings. The number of carboxylic acid groups (broad SMARTS) is 1. The van der Waals surface area contributed by atoms with Gasteiger partial charge in [-0.25, -0.2) is 9.78 Å². The lowest BCUT2D eigenvalue weighted by Gasteiger charge is -2.20. The van der Waals surface area contributed by atoms with Crippen LogP contribution in [0.25, 0.3) is 10.8 Å². The molecule has 0 aliphatic carbocycles. The zero-order chi connectivity index (χ0) is 24.4. The summed E-state index contributed by atoms with van der Waals surface area (Å²) in [5.74, 6) is -0.578. The number of anilines is 3. The molecule has 0 bridgehead atoms. The molecule has 0 aliphatic rings. The smallest absolute Gasteiger partial charge is 0.326 e. The van der Waals surface area contributed by atoms with Crippen LogP contribution in [0.15, 0.2) is 58.4 Å². The van der Waals surface area contributed by atoms with Gasteiger partial charge in [-0.05, 0) is 56.0 Å². The van der Waals surface area contributed by atoms with Gasteiger partial charge in [-0.3, -0.25) is 14.6 Å². The van der Waals surface area contributed by atoms with Crippen LogP contribution in [0.2, 0.25) is 0 Å². The lowest BCUT2D eigenvalue weighted by molar-refractivity contribution is -0.137. The topological polar surface area (TPSA) is 131 Å². The molecule has 174 valence electrons. The van der Waals surface area contributed by atoms with Gasteiger partial charge in [-0.1, -0.05) is 12.1 Å². The Hall–Kier alpha value is -4.27. The van der Waals surface area contributed by atoms with Crippen molar-refractivity contribution in [2.45, 2.75) is 39.3 Å². The van der Waals surface area contributed by atoms with Crippen LogP contribution in [-0.2, 0) is 11.2 Å². The highest BCUT2D eigenvalue weighted by Crippen LogP contribution is 2.25. The number of aromatic nitrogens is 2. The quantitative estimate of drug-likeness (QED) is 0.322. The molecule has 0 saturated heterocycles. The molecule has 0 fully saturated rings. The van der Waals surface area contributed by atoms with Crippen LogP contribution in [0.3, 0.4) is 0 Å². The molecule has 4 rings (SSSR count). The lowest BCUT2D eigenvalue weighted by atomic mass is 10.0. The van der Waals surface area contributed by atoms with Crippen LogP contribution in [-0.4, -0.2) is 33.2 Å². The van der Waals surface area contributed by atoms with Crippen molar-refractivity contribution in [2.75, 3.05) is 10.6 Å². The van der Waals surface area contributed by atoms with E-state index in [9.17, 15) is 19.5 Å². The number of hydrogen-bond donors (Lipinski definition) is 3. The van der Waals surface area contributed by atoms with Crippen molar-refractivity contribution in [3.05, 3.63) is 80.5 Å². The maximum atomic E-state index is 11.9. The number of hydrogen-bond acceptors (Lipinski definition) is 8. The van der Waals surface area contributed by atoms with Crippen molar-refractivity contribution in [1.29, 1.82) is 0 Å². The van der Waals surface area contributed by atoms with Crippen molar-refractivity contribution < 1.29 is 14.6 Å². The molecule has 0 aliphatic heterocycles. The van der Waals surface area contributed by atoms with Crippen molar-refractivity contribution >= 4 is 33.9 Å². The second kappa shape index (κ2) is 9.30. The first-order chi connectivity index (χ1) is 16.2. The Labute approximate surface area is 195 Å². The number of pyridine rings is 2. The summed E-state index contributed by atoms with van der Waals surface area (Å²) in [6.45, 7) is 5.35. The van der Waals surface area contributed by atoms with Gasteiger partial charge in [0.2, 0.25) is 0 Å². The first-order valence-electron chi connectivity index (χ1n) is 10.8. The zero-order valence-electron chi connectivity index (χ0n) is 19.0. The van der Waals surface area contributed by atoms with E-state index in [1.807, 2.05) is 31.2 Å². The highest BCUT2D eigenvalue weighted by Gasteiger charge is 2.28. The first-order valence-corrected chi connectivity index (χ1v) is 10.8. The summed E-state index contributed by atoms with van der Waals surface area (Å²) in [6, 6.07) is 10.0. The summed E-state index contributed by atoms with van der Waals surface area (Å²) in [5.41, 5.74) is 0.779. The molecule has 34 heavy (non-hydrogen) atoms. The van der Waals surface area contributed by atoms with Crippen LogP contribution in [0.4, 0.5) is 17.2 Å². The standard InChI is InChI=1S/C25H24N4O5/c1-13(2)34-23-20(21(30)22(23)31)29-19(25(32)33)11-15-4-6-17(7-5-15)28-24-18-12-26-9-8-16(18)10-14(3)27-24/h4-10,12-13,19,29H,11H2,1-3H3,(H,27,28)(H,32,33)/t19-/m0/s1. The number of aryl methyl sites for hydroxylation is 1. The maximum Gasteiger partial charge on any atom is 0.326 e. The summed E-state index contributed by atoms with van der Waals surface area (Å²) in [4.78, 5) is 44.3. The van der Waals surface area contributed by atoms with Crippen molar-refractivity contribution in [3.8, 4) is 5.75 Å². The first kappa shape index (κ1) is 22.9. The number of rotatable bonds is 9. The van der Waals surface area contributed by atoms with E-state index in [2.05, 4.69) is 20.6 Å². The number of aliphatic carboxylic acids is 1. The Morgan fingerprint density at radius 3 is 2.53 bits per heavy atom. The van der Waals surface area contributed by atoms with E-state index in [1.54, 1.807) is 38.4 Å². The normalized spacial score (nSPS) is 12.1. The Kier molecular flexibility index (Phi) is 6.27. The molecular weight excluding hydrogens is 436 g/mol. The van der Waals surface area contributed by atoms with Crippen molar-refractivity contribution in [3.63, 3.8) is 0 Å². The highest BCUT2D eigenvalue weighted by molar-refractivity contribution is 5.92. The number of benzene rings is 1. The minimum Gasteiger partial charge on any atom is -0.485 e. The lowest BCUT2D eigenvalue weighted by Crippen LogP contribution is -2.42. The maximum absolute atomic E-state index is 11.9. The summed E-state index contributed by atoms with van der Waals surface area (Å²) >= 11 is 0. The summed E-state index contributed by atoms with van der Waals surface area (Å²) in [7, 11) is 0. The molecule has 0 amide bonds. The van der Waals surface area contributed by atoms with Crippen LogP contribution >= 0.6 is 0 Å². The van der Waals surface area contributed by atoms with E-state index in [1.165, 1.54) is 0 Å². The number of carbonyl (C=O) groups is 1. The number of nitrogens with one attached hydrogen (secondary N) is 2. The fourth-order valence-corrected chi connectivity index (χ4v) is 3.64. The molecular formula is C25H24N4O5. The number of ether oxygens (including phenoxy) is 1. The fraction of sp³-hybridized carbons (Fsp3) is 0.240. The van der Waals surface area contributed by atoms with E-state index in [-0.39, 0.29) is 24.0 Å². The van der Waals surface area contributed by atoms with Gasteiger partial charge in [-0.15, -0.1) is 0 Å². The van der Waals surface area contributed by atoms with E-state index >= 15 is 0 Å². The number of carboxylic acids is 1. The van der Waals surface area contributed by atoms with E-state index in [0.29, 0.717) is 5.82 Å². The van der Waals surface area contributed by atoms with E-state index in [4.69, 9.17) is 4.74 Å². The third-order valence-electron chi connectivity index (χ3n) is 5.26. The predicted octanol–water partition coefficient (Wildman–Crippen LogP) is 3.17. The van der Waals surface area contributed by atoms with Gasteiger partial charge in [0.15, 0.2) is 5.75 Å². The van der Waals surface area contributed by atoms with Gasteiger partial charge in [0, 0.05) is 35.6 Å². The summed E-state index contributed by atoms with van der Waals surface area (Å²) in [6.07, 6.45) is 3.27. The molecule has 0 unspecified atom stereocenters. The number of nitrogens with zero attached hydrogens (tertiary/aromatic N) is 2. The van der Waals surface area contributed by atoms with Gasteiger partial charge in [0.05, 0.1) is 6.10 Å². The minimum atomic E-state index is -1.14. The Balaban J connectivity index is 1.50. The molecule has 2 aromatic carbocycles. The molecule has 9 nitrogen and oxygen atoms in total. The average molecular weight is 460 g/mol. The van der Waals surface area contributed by atoms with Crippen LogP contribution < -0.4 is 26.2 Å². The molecule has 0 spiro atoms. The van der Waals surface area contributed by atoms with Gasteiger partial charge in [0.1, 0.15) is 17.5 Å². The van der Waals surface area contributed by atoms with Crippen molar-refractivity contribution in [2.24, 2.45) is 0 Å². The molecule has 2 aromatic heterocycles. The van der Waals surface area contributed by atoms with Crippen LogP contribution in [0, 0.1) is 6.92 Å². The van der Waals surface area contributed by atoms with E-state index in [0.717, 1.165) is 27.7 Å². The molecule has 9 heteroatoms. The third-order valence-corrected chi connectivity index (χ3v) is 5.26. The molecule has 2 heterocycles. The Bertz CT molecular complexity index is 1420. The largest absolute Gasteiger partial charge is 0.485 e. The van der Waals surface area contributed by atoms with Gasteiger partial charge < -0.3 is 20.5 Å². The third kappa shape index (κ3) is 4.73. The van der Waals surface area contributed by atoms with Gasteiger partial charge in [0.25, 0.3) is 10.9 Å². The second-order valence-electron chi connectivity index (χ2n) is 8.30.